The number of ether oxygens (including phenoxy) is 4. The van der Waals surface area contributed by atoms with Gasteiger partial charge in [0.15, 0.2) is 17.5 Å². The fraction of sp³-hybridized carbons (Fsp3) is 0.773. The summed E-state index contributed by atoms with van der Waals surface area (Å²) >= 11 is 0. The lowest BCUT2D eigenvalue weighted by Gasteiger charge is -2.72. The highest BCUT2D eigenvalue weighted by molar-refractivity contribution is 5.95. The molecule has 0 unspecified atom stereocenters. The minimum Gasteiger partial charge on any atom is -0.459 e. The Balaban J connectivity index is 2.05. The molecule has 2 aliphatic heterocycles. The minimum atomic E-state index is -1.79. The van der Waals surface area contributed by atoms with Gasteiger partial charge in [0, 0.05) is 12.3 Å². The average molecular weight is 422 g/mol. The highest BCUT2D eigenvalue weighted by atomic mass is 16.8. The van der Waals surface area contributed by atoms with Crippen LogP contribution in [0, 0.1) is 16.7 Å². The third kappa shape index (κ3) is 2.21. The van der Waals surface area contributed by atoms with E-state index < -0.39 is 58.0 Å². The lowest BCUT2D eigenvalue weighted by atomic mass is 9.39. The number of carbonyl (C=O) groups is 3. The number of Topliss-reactive ketones (excluding diaryl/α,β-unsaturated/α-hetero) is 1. The topological polar surface area (TPSA) is 108 Å². The Hall–Kier alpha value is -1.93. The van der Waals surface area contributed by atoms with Gasteiger partial charge in [-0.2, -0.15) is 0 Å². The van der Waals surface area contributed by atoms with Gasteiger partial charge >= 0.3 is 6.16 Å². The second kappa shape index (κ2) is 6.07. The van der Waals surface area contributed by atoms with E-state index in [1.165, 1.54) is 6.08 Å². The lowest BCUT2D eigenvalue weighted by molar-refractivity contribution is -0.385. The highest BCUT2D eigenvalue weighted by Gasteiger charge is 2.85. The van der Waals surface area contributed by atoms with Gasteiger partial charge in [0.1, 0.15) is 6.10 Å². The zero-order valence-electron chi connectivity index (χ0n) is 18.1. The summed E-state index contributed by atoms with van der Waals surface area (Å²) in [7, 11) is 0. The predicted octanol–water partition coefficient (Wildman–Crippen LogP) is 2.31. The maximum atomic E-state index is 13.9. The Morgan fingerprint density at radius 2 is 1.87 bits per heavy atom. The first-order valence-electron chi connectivity index (χ1n) is 10.4. The molecule has 0 aromatic heterocycles. The van der Waals surface area contributed by atoms with Crippen LogP contribution < -0.4 is 0 Å². The molecular weight excluding hydrogens is 392 g/mol. The van der Waals surface area contributed by atoms with Crippen molar-refractivity contribution in [1.82, 2.24) is 0 Å². The van der Waals surface area contributed by atoms with Crippen molar-refractivity contribution in [3.63, 3.8) is 0 Å². The smallest absolute Gasteiger partial charge is 0.459 e. The first-order valence-corrected chi connectivity index (χ1v) is 10.4. The van der Waals surface area contributed by atoms with Crippen molar-refractivity contribution in [2.75, 3.05) is 0 Å². The zero-order valence-corrected chi connectivity index (χ0v) is 18.1. The molecule has 8 atom stereocenters. The second-order valence-electron chi connectivity index (χ2n) is 10.4. The molecule has 0 amide bonds. The van der Waals surface area contributed by atoms with Crippen molar-refractivity contribution < 1.29 is 38.4 Å². The van der Waals surface area contributed by atoms with E-state index in [4.69, 9.17) is 18.9 Å². The maximum absolute atomic E-state index is 13.9. The summed E-state index contributed by atoms with van der Waals surface area (Å²) in [6, 6.07) is 0. The van der Waals surface area contributed by atoms with Crippen LogP contribution in [0.4, 0.5) is 4.79 Å². The van der Waals surface area contributed by atoms with Gasteiger partial charge in [0.05, 0.1) is 17.1 Å². The summed E-state index contributed by atoms with van der Waals surface area (Å²) in [5, 5.41) is 11.6. The molecule has 4 fully saturated rings. The minimum absolute atomic E-state index is 0.0707. The Bertz CT molecular complexity index is 822. The van der Waals surface area contributed by atoms with Crippen LogP contribution in [0.2, 0.25) is 0 Å². The van der Waals surface area contributed by atoms with Crippen molar-refractivity contribution in [1.29, 1.82) is 0 Å². The van der Waals surface area contributed by atoms with Gasteiger partial charge in [-0.05, 0) is 32.1 Å². The number of hydrogen-bond donors (Lipinski definition) is 1. The van der Waals surface area contributed by atoms with Crippen molar-refractivity contribution >= 4 is 18.4 Å². The fourth-order valence-corrected chi connectivity index (χ4v) is 7.24. The summed E-state index contributed by atoms with van der Waals surface area (Å²) in [6.45, 7) is 13.1. The number of ketones is 1. The number of aliphatic hydroxyl groups is 1. The molecule has 30 heavy (non-hydrogen) atoms. The molecule has 0 aromatic carbocycles. The van der Waals surface area contributed by atoms with E-state index in [2.05, 4.69) is 6.58 Å². The van der Waals surface area contributed by atoms with E-state index >= 15 is 0 Å². The average Bonchev–Trinajstić information content (AvgIpc) is 2.63. The maximum Gasteiger partial charge on any atom is 0.509 e. The molecule has 2 aliphatic carbocycles. The number of rotatable bonds is 3. The number of hydrogen-bond acceptors (Lipinski definition) is 8. The molecule has 0 bridgehead atoms. The molecule has 2 saturated heterocycles. The molecule has 2 saturated carbocycles. The van der Waals surface area contributed by atoms with Crippen molar-refractivity contribution in [3.8, 4) is 0 Å². The molecule has 166 valence electrons. The van der Waals surface area contributed by atoms with E-state index in [0.29, 0.717) is 12.8 Å². The van der Waals surface area contributed by atoms with Gasteiger partial charge in [-0.25, -0.2) is 4.79 Å². The number of carbonyl (C=O) groups excluding carboxylic acids is 3. The molecule has 8 heteroatoms. The molecule has 2 heterocycles. The zero-order chi connectivity index (χ0) is 22.3. The third-order valence-corrected chi connectivity index (χ3v) is 8.32. The van der Waals surface area contributed by atoms with Crippen LogP contribution >= 0.6 is 0 Å². The van der Waals surface area contributed by atoms with E-state index in [1.807, 2.05) is 20.8 Å². The van der Waals surface area contributed by atoms with Gasteiger partial charge in [-0.15, -0.1) is 6.58 Å². The van der Waals surface area contributed by atoms with Gasteiger partial charge in [-0.1, -0.05) is 26.8 Å². The van der Waals surface area contributed by atoms with Gasteiger partial charge in [0.25, 0.3) is 6.47 Å². The molecule has 8 nitrogen and oxygen atoms in total. The van der Waals surface area contributed by atoms with Crippen molar-refractivity contribution in [2.24, 2.45) is 16.7 Å². The monoisotopic (exact) mass is 422 g/mol. The number of aliphatic hydroxyl groups excluding tert-OH is 1. The summed E-state index contributed by atoms with van der Waals surface area (Å²) < 4.78 is 23.2. The van der Waals surface area contributed by atoms with Crippen LogP contribution in [0.1, 0.15) is 53.9 Å². The Morgan fingerprint density at radius 3 is 2.47 bits per heavy atom. The van der Waals surface area contributed by atoms with Crippen LogP contribution in [0.25, 0.3) is 0 Å². The summed E-state index contributed by atoms with van der Waals surface area (Å²) in [6.07, 6.45) is -1.40. The molecular formula is C22H30O8. The third-order valence-electron chi connectivity index (χ3n) is 8.32. The van der Waals surface area contributed by atoms with Crippen LogP contribution in [0.3, 0.4) is 0 Å². The predicted molar refractivity (Wildman–Crippen MR) is 103 cm³/mol. The van der Waals surface area contributed by atoms with E-state index in [-0.39, 0.29) is 18.7 Å². The van der Waals surface area contributed by atoms with Crippen LogP contribution in [0.15, 0.2) is 12.7 Å². The Labute approximate surface area is 175 Å². The Morgan fingerprint density at radius 1 is 1.20 bits per heavy atom. The van der Waals surface area contributed by atoms with E-state index in [9.17, 15) is 19.5 Å². The fourth-order valence-electron chi connectivity index (χ4n) is 7.24. The van der Waals surface area contributed by atoms with Crippen LogP contribution in [-0.4, -0.2) is 58.6 Å². The molecule has 0 aromatic rings. The first kappa shape index (κ1) is 21.3. The van der Waals surface area contributed by atoms with Gasteiger partial charge in [0.2, 0.25) is 5.60 Å². The van der Waals surface area contributed by atoms with Gasteiger partial charge < -0.3 is 24.1 Å². The van der Waals surface area contributed by atoms with Crippen molar-refractivity contribution in [3.05, 3.63) is 12.7 Å². The van der Waals surface area contributed by atoms with Crippen molar-refractivity contribution in [2.45, 2.75) is 89.0 Å². The largest absolute Gasteiger partial charge is 0.509 e. The highest BCUT2D eigenvalue weighted by Crippen LogP contribution is 2.69. The van der Waals surface area contributed by atoms with E-state index in [1.54, 1.807) is 13.8 Å². The lowest BCUT2D eigenvalue weighted by Crippen LogP contribution is -2.88. The molecule has 1 N–H and O–H groups in total. The quantitative estimate of drug-likeness (QED) is 0.419. The van der Waals surface area contributed by atoms with Crippen LogP contribution in [-0.2, 0) is 28.5 Å². The van der Waals surface area contributed by atoms with E-state index in [0.717, 1.165) is 0 Å². The summed E-state index contributed by atoms with van der Waals surface area (Å²) in [5.41, 5.74) is -6.08. The molecule has 4 rings (SSSR count). The first-order chi connectivity index (χ1) is 13.8. The normalized spacial score (nSPS) is 51.5. The standard InChI is InChI=1S/C22H30O8/c1-7-19(4)10-12(24)22-20(5)13(28-17(26)29-22)8-9-18(2,3)15(20)14(25)16(27-11-23)21(22,6)30-19/h7,11,13-16,25H,1,8-10H2,2-6H3/t13-,14-,15-,16-,19-,20-,21+,22-/m0/s1. The van der Waals surface area contributed by atoms with Gasteiger partial charge in [-0.3, -0.25) is 9.59 Å². The second-order valence-corrected chi connectivity index (χ2v) is 10.4. The molecule has 4 aliphatic rings. The summed E-state index contributed by atoms with van der Waals surface area (Å²) in [5.74, 6) is -0.910. The molecule has 1 spiro atoms. The summed E-state index contributed by atoms with van der Waals surface area (Å²) in [4.78, 5) is 38.0. The van der Waals surface area contributed by atoms with Crippen LogP contribution in [0.5, 0.6) is 0 Å². The molecule has 0 radical (unpaired) electrons. The Kier molecular flexibility index (Phi) is 4.31. The SMILES string of the molecule is C=C[C@@]1(C)CC(=O)[C@@]23OC(=O)O[C@H]4CCC(C)(C)[C@H]([C@H](O)[C@H](OC=O)[C@@]2(C)O1)[C@]43C.